The number of hydrogen-bond donors (Lipinski definition) is 1. The fourth-order valence-electron chi connectivity index (χ4n) is 3.28. The zero-order valence-corrected chi connectivity index (χ0v) is 13.8. The highest BCUT2D eigenvalue weighted by Crippen LogP contribution is 2.27. The molecule has 2 aliphatic rings. The van der Waals surface area contributed by atoms with Crippen LogP contribution in [0.1, 0.15) is 16.8 Å². The van der Waals surface area contributed by atoms with Crippen LogP contribution in [0.2, 0.25) is 0 Å². The topological polar surface area (TPSA) is 78.8 Å². The van der Waals surface area contributed by atoms with Gasteiger partial charge in [0.2, 0.25) is 5.88 Å². The van der Waals surface area contributed by atoms with E-state index in [1.54, 1.807) is 0 Å². The van der Waals surface area contributed by atoms with Crippen LogP contribution in [0.5, 0.6) is 5.88 Å². The van der Waals surface area contributed by atoms with Crippen LogP contribution in [0.25, 0.3) is 0 Å². The molecule has 1 aromatic heterocycles. The number of nitrogens with zero attached hydrogens (tertiary/aromatic N) is 4. The van der Waals surface area contributed by atoms with Gasteiger partial charge in [-0.15, -0.1) is 0 Å². The average molecular weight is 340 g/mol. The average Bonchev–Trinajstić information content (AvgIpc) is 2.58. The van der Waals surface area contributed by atoms with Crippen LogP contribution < -0.4 is 4.74 Å². The molecule has 130 valence electrons. The summed E-state index contributed by atoms with van der Waals surface area (Å²) in [6.45, 7) is 3.36. The maximum atomic E-state index is 10.9. The quantitative estimate of drug-likeness (QED) is 0.914. The van der Waals surface area contributed by atoms with Gasteiger partial charge in [0, 0.05) is 31.6 Å². The van der Waals surface area contributed by atoms with Gasteiger partial charge in [-0.3, -0.25) is 4.90 Å². The number of aromatic nitrogens is 2. The van der Waals surface area contributed by atoms with Crippen LogP contribution in [0.4, 0.5) is 4.79 Å². The highest BCUT2D eigenvalue weighted by molar-refractivity contribution is 5.66. The van der Waals surface area contributed by atoms with Gasteiger partial charge in [-0.2, -0.15) is 0 Å². The fraction of sp³-hybridized carbons (Fsp3) is 0.389. The minimum Gasteiger partial charge on any atom is -0.470 e. The molecule has 0 bridgehead atoms. The number of carboxylic acid groups (broad SMARTS) is 1. The maximum absolute atomic E-state index is 10.9. The van der Waals surface area contributed by atoms with Crippen LogP contribution in [0.3, 0.4) is 0 Å². The van der Waals surface area contributed by atoms with E-state index in [-0.39, 0.29) is 6.10 Å². The minimum atomic E-state index is -0.904. The Kier molecular flexibility index (Phi) is 4.23. The van der Waals surface area contributed by atoms with Gasteiger partial charge >= 0.3 is 6.09 Å². The normalized spacial score (nSPS) is 17.7. The molecule has 1 fully saturated rings. The molecule has 1 N–H and O–H groups in total. The second-order valence-corrected chi connectivity index (χ2v) is 6.48. The first-order valence-corrected chi connectivity index (χ1v) is 8.42. The zero-order valence-electron chi connectivity index (χ0n) is 13.8. The van der Waals surface area contributed by atoms with Crippen LogP contribution in [0.15, 0.2) is 36.7 Å². The second kappa shape index (κ2) is 6.68. The van der Waals surface area contributed by atoms with Gasteiger partial charge in [0.1, 0.15) is 12.4 Å². The predicted octanol–water partition coefficient (Wildman–Crippen LogP) is 1.78. The largest absolute Gasteiger partial charge is 0.470 e. The molecule has 4 rings (SSSR count). The minimum absolute atomic E-state index is 0.125. The molecule has 0 radical (unpaired) electrons. The van der Waals surface area contributed by atoms with E-state index < -0.39 is 6.09 Å². The van der Waals surface area contributed by atoms with Crippen molar-refractivity contribution in [2.45, 2.75) is 25.6 Å². The molecule has 7 heteroatoms. The molecule has 3 heterocycles. The van der Waals surface area contributed by atoms with Crippen molar-refractivity contribution in [2.75, 3.05) is 19.6 Å². The molecule has 0 unspecified atom stereocenters. The van der Waals surface area contributed by atoms with E-state index >= 15 is 0 Å². The molecule has 1 aromatic carbocycles. The lowest BCUT2D eigenvalue weighted by Gasteiger charge is -2.37. The number of ether oxygens (including phenoxy) is 1. The lowest BCUT2D eigenvalue weighted by Crippen LogP contribution is -2.55. The molecule has 2 aliphatic heterocycles. The number of hydrogen-bond acceptors (Lipinski definition) is 5. The number of likely N-dealkylation sites (tertiary alicyclic amines) is 1. The monoisotopic (exact) mass is 340 g/mol. The number of benzene rings is 1. The Morgan fingerprint density at radius 3 is 2.80 bits per heavy atom. The van der Waals surface area contributed by atoms with E-state index in [1.807, 2.05) is 6.07 Å². The van der Waals surface area contributed by atoms with Crippen molar-refractivity contribution in [2.24, 2.45) is 0 Å². The summed E-state index contributed by atoms with van der Waals surface area (Å²) in [5, 5.41) is 8.92. The zero-order chi connectivity index (χ0) is 17.2. The summed E-state index contributed by atoms with van der Waals surface area (Å²) in [5.41, 5.74) is 3.34. The molecule has 0 aliphatic carbocycles. The third-order valence-electron chi connectivity index (χ3n) is 4.69. The van der Waals surface area contributed by atoms with E-state index in [9.17, 15) is 4.79 Å². The van der Waals surface area contributed by atoms with Crippen LogP contribution in [0, 0.1) is 0 Å². The van der Waals surface area contributed by atoms with Crippen LogP contribution in [-0.4, -0.2) is 56.7 Å². The van der Waals surface area contributed by atoms with Gasteiger partial charge in [-0.1, -0.05) is 30.3 Å². The number of fused-ring (bicyclic) bond motifs is 1. The van der Waals surface area contributed by atoms with Crippen molar-refractivity contribution < 1.29 is 14.6 Å². The maximum Gasteiger partial charge on any atom is 0.407 e. The highest BCUT2D eigenvalue weighted by atomic mass is 16.5. The second-order valence-electron chi connectivity index (χ2n) is 6.48. The Bertz CT molecular complexity index is 762. The summed E-state index contributed by atoms with van der Waals surface area (Å²) in [6.07, 6.45) is 1.37. The van der Waals surface area contributed by atoms with Crippen molar-refractivity contribution >= 4 is 6.09 Å². The van der Waals surface area contributed by atoms with Gasteiger partial charge in [0.25, 0.3) is 0 Å². The number of rotatable bonds is 4. The summed E-state index contributed by atoms with van der Waals surface area (Å²) in [5.74, 6) is 0.595. The summed E-state index contributed by atoms with van der Waals surface area (Å²) >= 11 is 0. The molecule has 0 spiro atoms. The number of amides is 1. The van der Waals surface area contributed by atoms with Crippen LogP contribution in [-0.2, 0) is 19.5 Å². The van der Waals surface area contributed by atoms with Crippen molar-refractivity contribution in [1.82, 2.24) is 19.8 Å². The SMILES string of the molecule is O=C(O)N1CC(Oc2ncnc3c2CN(Cc2ccccc2)CC3)C1. The Morgan fingerprint density at radius 1 is 1.24 bits per heavy atom. The van der Waals surface area contributed by atoms with Crippen molar-refractivity contribution in [3.05, 3.63) is 53.5 Å². The van der Waals surface area contributed by atoms with E-state index in [0.29, 0.717) is 19.0 Å². The molecule has 1 amide bonds. The molecule has 2 aromatic rings. The lowest BCUT2D eigenvalue weighted by atomic mass is 10.1. The van der Waals surface area contributed by atoms with Gasteiger partial charge in [-0.25, -0.2) is 14.8 Å². The first kappa shape index (κ1) is 15.8. The molecular formula is C18H20N4O3. The highest BCUT2D eigenvalue weighted by Gasteiger charge is 2.33. The standard InChI is InChI=1S/C18H20N4O3/c23-18(24)22-9-14(10-22)25-17-15-11-21(7-6-16(15)19-12-20-17)8-13-4-2-1-3-5-13/h1-5,12,14H,6-11H2,(H,23,24). The van der Waals surface area contributed by atoms with Crippen molar-refractivity contribution in [1.29, 1.82) is 0 Å². The van der Waals surface area contributed by atoms with Gasteiger partial charge in [-0.05, 0) is 5.56 Å². The third kappa shape index (κ3) is 3.41. The summed E-state index contributed by atoms with van der Waals surface area (Å²) in [7, 11) is 0. The van der Waals surface area contributed by atoms with Gasteiger partial charge in [0.05, 0.1) is 18.8 Å². The summed E-state index contributed by atoms with van der Waals surface area (Å²) in [4.78, 5) is 23.3. The van der Waals surface area contributed by atoms with Crippen molar-refractivity contribution in [3.63, 3.8) is 0 Å². The Morgan fingerprint density at radius 2 is 2.04 bits per heavy atom. The number of carbonyl (C=O) groups is 1. The van der Waals surface area contributed by atoms with E-state index in [2.05, 4.69) is 39.1 Å². The first-order valence-electron chi connectivity index (χ1n) is 8.42. The Labute approximate surface area is 145 Å². The first-order chi connectivity index (χ1) is 12.2. The van der Waals surface area contributed by atoms with E-state index in [1.165, 1.54) is 16.8 Å². The van der Waals surface area contributed by atoms with Crippen LogP contribution >= 0.6 is 0 Å². The van der Waals surface area contributed by atoms with Gasteiger partial charge in [0.15, 0.2) is 0 Å². The summed E-state index contributed by atoms with van der Waals surface area (Å²) < 4.78 is 5.94. The molecule has 25 heavy (non-hydrogen) atoms. The smallest absolute Gasteiger partial charge is 0.407 e. The van der Waals surface area contributed by atoms with E-state index in [0.717, 1.165) is 37.3 Å². The molecule has 1 saturated heterocycles. The summed E-state index contributed by atoms with van der Waals surface area (Å²) in [6, 6.07) is 10.4. The molecule has 7 nitrogen and oxygen atoms in total. The molecule has 0 atom stereocenters. The van der Waals surface area contributed by atoms with Crippen molar-refractivity contribution in [3.8, 4) is 5.88 Å². The van der Waals surface area contributed by atoms with Gasteiger partial charge < -0.3 is 14.7 Å². The van der Waals surface area contributed by atoms with E-state index in [4.69, 9.17) is 9.84 Å². The third-order valence-corrected chi connectivity index (χ3v) is 4.69. The Balaban J connectivity index is 1.44. The predicted molar refractivity (Wildman–Crippen MR) is 90.3 cm³/mol. The Hall–Kier alpha value is -2.67. The lowest BCUT2D eigenvalue weighted by molar-refractivity contribution is 0.0213. The fourth-order valence-corrected chi connectivity index (χ4v) is 3.28. The molecule has 0 saturated carbocycles. The molecular weight excluding hydrogens is 320 g/mol.